The van der Waals surface area contributed by atoms with Crippen LogP contribution in [0.2, 0.25) is 0 Å². The van der Waals surface area contributed by atoms with E-state index in [0.717, 1.165) is 37.0 Å². The zero-order chi connectivity index (χ0) is 27.1. The van der Waals surface area contributed by atoms with E-state index in [1.807, 2.05) is 18.5 Å². The Hall–Kier alpha value is -2.41. The molecule has 1 aromatic carbocycles. The summed E-state index contributed by atoms with van der Waals surface area (Å²) < 4.78 is 42.2. The molecule has 4 fully saturated rings. The number of benzene rings is 1. The number of anilines is 1. The lowest BCUT2D eigenvalue weighted by Gasteiger charge is -2.24. The van der Waals surface area contributed by atoms with Gasteiger partial charge in [-0.25, -0.2) is 23.4 Å². The van der Waals surface area contributed by atoms with Gasteiger partial charge >= 0.3 is 0 Å². The van der Waals surface area contributed by atoms with Crippen LogP contribution >= 0.6 is 11.8 Å². The molecule has 3 saturated carbocycles. The van der Waals surface area contributed by atoms with Gasteiger partial charge in [0.05, 0.1) is 6.04 Å². The zero-order valence-electron chi connectivity index (χ0n) is 22.2. The lowest BCUT2D eigenvalue weighted by molar-refractivity contribution is -0.159. The largest absolute Gasteiger partial charge is 0.365 e. The summed E-state index contributed by atoms with van der Waals surface area (Å²) in [4.78, 5) is 9.68. The van der Waals surface area contributed by atoms with E-state index in [2.05, 4.69) is 22.6 Å². The van der Waals surface area contributed by atoms with Gasteiger partial charge in [-0.1, -0.05) is 30.0 Å². The monoisotopic (exact) mass is 557 g/mol. The van der Waals surface area contributed by atoms with Crippen molar-refractivity contribution in [2.45, 2.75) is 87.1 Å². The van der Waals surface area contributed by atoms with Gasteiger partial charge in [0.15, 0.2) is 39.6 Å². The number of aromatic nitrogens is 5. The number of nitrogens with two attached hydrogens (primary N) is 1. The minimum Gasteiger partial charge on any atom is -0.365 e. The van der Waals surface area contributed by atoms with Crippen molar-refractivity contribution in [3.05, 3.63) is 35.4 Å². The highest BCUT2D eigenvalue weighted by atomic mass is 32.2. The molecule has 7 rings (SSSR count). The number of nitrogens with zero attached hydrogens (tertiary/aromatic N) is 5. The van der Waals surface area contributed by atoms with Gasteiger partial charge in [0.2, 0.25) is 0 Å². The Balaban J connectivity index is 1.20. The SMILES string of the molecule is CCCSc1nc(N[C@@H]2C[C@H]2c2ccc(F)c(F)c2)c2nnn([C@@H]3C[C@@H]4C(CCN)[C@@]45OC(C)(C)O[C@@H]35)c2n1. The van der Waals surface area contributed by atoms with E-state index in [9.17, 15) is 8.78 Å². The molecule has 1 spiro atoms. The fourth-order valence-electron chi connectivity index (χ4n) is 6.99. The highest BCUT2D eigenvalue weighted by Crippen LogP contribution is 2.72. The first-order valence-electron chi connectivity index (χ1n) is 13.8. The number of hydrogen-bond donors (Lipinski definition) is 2. The summed E-state index contributed by atoms with van der Waals surface area (Å²) in [5.41, 5.74) is 7.62. The second-order valence-corrected chi connectivity index (χ2v) is 12.7. The first-order valence-corrected chi connectivity index (χ1v) is 14.8. The van der Waals surface area contributed by atoms with Crippen LogP contribution < -0.4 is 11.1 Å². The molecular formula is C27H33F2N7O2S. The third-order valence-electron chi connectivity index (χ3n) is 8.67. The Labute approximate surface area is 229 Å². The van der Waals surface area contributed by atoms with Crippen molar-refractivity contribution in [1.82, 2.24) is 25.0 Å². The third kappa shape index (κ3) is 4.05. The highest BCUT2D eigenvalue weighted by molar-refractivity contribution is 7.99. The second kappa shape index (κ2) is 9.05. The Morgan fingerprint density at radius 2 is 2.05 bits per heavy atom. The molecule has 4 aliphatic rings. The van der Waals surface area contributed by atoms with Crippen LogP contribution in [0, 0.1) is 23.5 Å². The topological polar surface area (TPSA) is 113 Å². The molecule has 1 unspecified atom stereocenters. The summed E-state index contributed by atoms with van der Waals surface area (Å²) in [6, 6.07) is 4.08. The molecule has 0 amide bonds. The van der Waals surface area contributed by atoms with Crippen molar-refractivity contribution in [2.75, 3.05) is 17.6 Å². The second-order valence-electron chi connectivity index (χ2n) is 11.7. The van der Waals surface area contributed by atoms with Crippen molar-refractivity contribution < 1.29 is 18.3 Å². The van der Waals surface area contributed by atoms with Crippen LogP contribution in [-0.4, -0.2) is 60.8 Å². The van der Waals surface area contributed by atoms with E-state index in [0.29, 0.717) is 40.5 Å². The molecule has 0 radical (unpaired) electrons. The molecular weight excluding hydrogens is 524 g/mol. The number of fused-ring (bicyclic) bond motifs is 1. The average molecular weight is 558 g/mol. The maximum absolute atomic E-state index is 13.8. The van der Waals surface area contributed by atoms with Crippen LogP contribution in [0.4, 0.5) is 14.6 Å². The maximum atomic E-state index is 13.8. The smallest absolute Gasteiger partial charge is 0.191 e. The van der Waals surface area contributed by atoms with Gasteiger partial charge in [-0.2, -0.15) is 0 Å². The van der Waals surface area contributed by atoms with E-state index in [4.69, 9.17) is 25.2 Å². The first kappa shape index (κ1) is 25.6. The van der Waals surface area contributed by atoms with Crippen LogP contribution in [0.15, 0.2) is 23.4 Å². The Kier molecular flexibility index (Phi) is 5.93. The molecule has 1 saturated heterocycles. The van der Waals surface area contributed by atoms with Crippen molar-refractivity contribution >= 4 is 28.7 Å². The number of rotatable bonds is 9. The van der Waals surface area contributed by atoms with Gasteiger partial charge in [0.25, 0.3) is 0 Å². The molecule has 0 bridgehead atoms. The van der Waals surface area contributed by atoms with Crippen LogP contribution in [0.25, 0.3) is 11.2 Å². The molecule has 3 N–H and O–H groups in total. The van der Waals surface area contributed by atoms with Gasteiger partial charge in [-0.3, -0.25) is 0 Å². The van der Waals surface area contributed by atoms with Crippen LogP contribution in [-0.2, 0) is 9.47 Å². The normalized spacial score (nSPS) is 33.8. The Morgan fingerprint density at radius 3 is 2.82 bits per heavy atom. The predicted octanol–water partition coefficient (Wildman–Crippen LogP) is 4.40. The van der Waals surface area contributed by atoms with Crippen LogP contribution in [0.3, 0.4) is 0 Å². The van der Waals surface area contributed by atoms with Gasteiger partial charge in [-0.05, 0) is 75.6 Å². The van der Waals surface area contributed by atoms with Gasteiger partial charge in [0, 0.05) is 17.7 Å². The van der Waals surface area contributed by atoms with Gasteiger partial charge in [0.1, 0.15) is 11.7 Å². The summed E-state index contributed by atoms with van der Waals surface area (Å²) in [6.07, 6.45) is 3.41. The molecule has 3 heterocycles. The number of hydrogen-bond acceptors (Lipinski definition) is 9. The number of halogens is 2. The minimum atomic E-state index is -0.837. The standard InChI is InChI=1S/C27H33F2N7O2S/c1-4-9-39-25-32-23(31-19-11-14(19)13-5-6-17(28)18(29)10-13)21-24(33-25)36(35-34-21)20-12-16-15(7-8-30)27(16)22(20)37-26(2,3)38-27/h5-6,10,14-16,19-20,22H,4,7-9,11-12,30H2,1-3H3,(H,31,32,33)/t14-,15?,16+,19+,20+,22-,27+/m0/s1. The summed E-state index contributed by atoms with van der Waals surface area (Å²) in [5, 5.41) is 13.3. The number of ether oxygens (including phenoxy) is 2. The maximum Gasteiger partial charge on any atom is 0.191 e. The van der Waals surface area contributed by atoms with E-state index in [1.54, 1.807) is 17.8 Å². The van der Waals surface area contributed by atoms with Crippen molar-refractivity contribution in [2.24, 2.45) is 17.6 Å². The molecule has 1 aliphatic heterocycles. The molecule has 7 atom stereocenters. The number of thioether (sulfide) groups is 1. The quantitative estimate of drug-likeness (QED) is 0.292. The minimum absolute atomic E-state index is 0.0360. The number of nitrogens with one attached hydrogen (secondary N) is 1. The highest BCUT2D eigenvalue weighted by Gasteiger charge is 2.80. The lowest BCUT2D eigenvalue weighted by atomic mass is 10.0. The van der Waals surface area contributed by atoms with Crippen molar-refractivity contribution in [3.8, 4) is 0 Å². The Bertz CT molecular complexity index is 1440. The zero-order valence-corrected chi connectivity index (χ0v) is 23.0. The summed E-state index contributed by atoms with van der Waals surface area (Å²) in [7, 11) is 0. The fourth-order valence-corrected chi connectivity index (χ4v) is 7.69. The summed E-state index contributed by atoms with van der Waals surface area (Å²) in [6.45, 7) is 6.68. The summed E-state index contributed by atoms with van der Waals surface area (Å²) >= 11 is 1.59. The van der Waals surface area contributed by atoms with Crippen LogP contribution in [0.1, 0.15) is 64.0 Å². The predicted molar refractivity (Wildman–Crippen MR) is 142 cm³/mol. The van der Waals surface area contributed by atoms with E-state index >= 15 is 0 Å². The molecule has 9 nitrogen and oxygen atoms in total. The molecule has 12 heteroatoms. The Morgan fingerprint density at radius 1 is 1.21 bits per heavy atom. The molecule has 2 aromatic heterocycles. The van der Waals surface area contributed by atoms with E-state index in [1.165, 1.54) is 12.1 Å². The molecule has 3 aromatic rings. The van der Waals surface area contributed by atoms with Crippen molar-refractivity contribution in [3.63, 3.8) is 0 Å². The lowest BCUT2D eigenvalue weighted by Crippen LogP contribution is -2.33. The van der Waals surface area contributed by atoms with Gasteiger partial charge < -0.3 is 20.5 Å². The van der Waals surface area contributed by atoms with E-state index < -0.39 is 17.4 Å². The average Bonchev–Trinajstić information content (AvgIpc) is 3.60. The molecule has 39 heavy (non-hydrogen) atoms. The first-order chi connectivity index (χ1) is 18.8. The van der Waals surface area contributed by atoms with Crippen LogP contribution in [0.5, 0.6) is 0 Å². The fraction of sp³-hybridized carbons (Fsp3) is 0.630. The van der Waals surface area contributed by atoms with Crippen molar-refractivity contribution in [1.29, 1.82) is 0 Å². The molecule has 3 aliphatic carbocycles. The summed E-state index contributed by atoms with van der Waals surface area (Å²) in [5.74, 6) is -0.00732. The third-order valence-corrected chi connectivity index (χ3v) is 9.73. The van der Waals surface area contributed by atoms with E-state index in [-0.39, 0.29) is 29.7 Å². The van der Waals surface area contributed by atoms with Gasteiger partial charge in [-0.15, -0.1) is 5.10 Å². The molecule has 208 valence electrons.